The van der Waals surface area contributed by atoms with Crippen LogP contribution >= 0.6 is 0 Å². The molecule has 0 aliphatic carbocycles. The van der Waals surface area contributed by atoms with E-state index < -0.39 is 10.8 Å². The summed E-state index contributed by atoms with van der Waals surface area (Å²) in [5, 5.41) is 2.25. The molecular formula is C16H10OS. The molecule has 0 bridgehead atoms. The van der Waals surface area contributed by atoms with Crippen molar-refractivity contribution in [3.05, 3.63) is 60.7 Å². The lowest BCUT2D eigenvalue weighted by molar-refractivity contribution is 0.685. The highest BCUT2D eigenvalue weighted by Gasteiger charge is 2.26. The molecule has 0 spiro atoms. The van der Waals surface area contributed by atoms with Gasteiger partial charge >= 0.3 is 0 Å². The molecule has 1 unspecified atom stereocenters. The van der Waals surface area contributed by atoms with E-state index in [2.05, 4.69) is 24.3 Å². The van der Waals surface area contributed by atoms with Crippen molar-refractivity contribution in [3.8, 4) is 11.1 Å². The maximum Gasteiger partial charge on any atom is 0.0868 e. The van der Waals surface area contributed by atoms with Gasteiger partial charge in [0.15, 0.2) is 0 Å². The van der Waals surface area contributed by atoms with Crippen LogP contribution in [0.15, 0.2) is 70.5 Å². The summed E-state index contributed by atoms with van der Waals surface area (Å²) in [4.78, 5) is 1.90. The van der Waals surface area contributed by atoms with E-state index in [1.807, 2.05) is 36.4 Å². The molecule has 0 saturated heterocycles. The molecule has 2 heteroatoms. The Labute approximate surface area is 108 Å². The molecule has 0 radical (unpaired) electrons. The van der Waals surface area contributed by atoms with Crippen LogP contribution in [-0.4, -0.2) is 4.21 Å². The second-order valence-electron chi connectivity index (χ2n) is 4.43. The van der Waals surface area contributed by atoms with Gasteiger partial charge in [-0.05, 0) is 22.4 Å². The van der Waals surface area contributed by atoms with E-state index in [9.17, 15) is 4.21 Å². The fourth-order valence-electron chi connectivity index (χ4n) is 2.62. The van der Waals surface area contributed by atoms with Crippen LogP contribution in [0.5, 0.6) is 0 Å². The molecule has 86 valence electrons. The van der Waals surface area contributed by atoms with Crippen molar-refractivity contribution in [2.45, 2.75) is 9.79 Å². The molecule has 1 aliphatic heterocycles. The van der Waals surface area contributed by atoms with Crippen molar-refractivity contribution < 1.29 is 4.21 Å². The maximum atomic E-state index is 12.6. The summed E-state index contributed by atoms with van der Waals surface area (Å²) in [5.41, 5.74) is 2.22. The summed E-state index contributed by atoms with van der Waals surface area (Å²) in [6, 6.07) is 20.3. The van der Waals surface area contributed by atoms with E-state index in [0.717, 1.165) is 31.7 Å². The second kappa shape index (κ2) is 3.53. The zero-order chi connectivity index (χ0) is 12.1. The largest absolute Gasteiger partial charge is 0.249 e. The molecule has 1 heterocycles. The predicted octanol–water partition coefficient (Wildman–Crippen LogP) is 3.99. The predicted molar refractivity (Wildman–Crippen MR) is 74.1 cm³/mol. The molecule has 1 aliphatic rings. The maximum absolute atomic E-state index is 12.6. The van der Waals surface area contributed by atoms with Crippen LogP contribution in [0.2, 0.25) is 0 Å². The van der Waals surface area contributed by atoms with Gasteiger partial charge in [-0.1, -0.05) is 54.6 Å². The molecule has 18 heavy (non-hydrogen) atoms. The number of benzene rings is 3. The summed E-state index contributed by atoms with van der Waals surface area (Å²) in [6.07, 6.45) is 0. The van der Waals surface area contributed by atoms with E-state index in [1.54, 1.807) is 0 Å². The number of hydrogen-bond acceptors (Lipinski definition) is 1. The molecule has 0 N–H and O–H groups in total. The third-order valence-corrected chi connectivity index (χ3v) is 5.01. The number of hydrogen-bond donors (Lipinski definition) is 0. The van der Waals surface area contributed by atoms with Crippen molar-refractivity contribution >= 4 is 21.6 Å². The summed E-state index contributed by atoms with van der Waals surface area (Å²) < 4.78 is 12.6. The SMILES string of the molecule is O=S1c2ccccc2-c2ccc3ccccc3c21. The number of fused-ring (bicyclic) bond motifs is 5. The van der Waals surface area contributed by atoms with Crippen molar-refractivity contribution in [2.24, 2.45) is 0 Å². The average Bonchev–Trinajstić information content (AvgIpc) is 2.73. The third kappa shape index (κ3) is 1.18. The van der Waals surface area contributed by atoms with Gasteiger partial charge in [-0.3, -0.25) is 0 Å². The Hall–Kier alpha value is -1.93. The summed E-state index contributed by atoms with van der Waals surface area (Å²) in [6.45, 7) is 0. The molecule has 3 aromatic carbocycles. The fraction of sp³-hybridized carbons (Fsp3) is 0. The zero-order valence-electron chi connectivity index (χ0n) is 9.59. The minimum atomic E-state index is -1.05. The van der Waals surface area contributed by atoms with Gasteiger partial charge in [-0.25, -0.2) is 4.21 Å². The standard InChI is InChI=1S/C16H10OS/c17-18-15-8-4-3-7-13(15)14-10-9-11-5-1-2-6-12(11)16(14)18/h1-10H. The van der Waals surface area contributed by atoms with E-state index in [4.69, 9.17) is 0 Å². The van der Waals surface area contributed by atoms with Crippen LogP contribution in [0.25, 0.3) is 21.9 Å². The van der Waals surface area contributed by atoms with Gasteiger partial charge in [0.25, 0.3) is 0 Å². The molecule has 1 atom stereocenters. The number of rotatable bonds is 0. The molecule has 0 fully saturated rings. The van der Waals surface area contributed by atoms with E-state index in [1.165, 1.54) is 0 Å². The van der Waals surface area contributed by atoms with Crippen molar-refractivity contribution in [3.63, 3.8) is 0 Å². The molecule has 4 rings (SSSR count). The first kappa shape index (κ1) is 10.0. The minimum Gasteiger partial charge on any atom is -0.249 e. The van der Waals surface area contributed by atoms with Crippen molar-refractivity contribution in [2.75, 3.05) is 0 Å². The lowest BCUT2D eigenvalue weighted by Crippen LogP contribution is -1.87. The van der Waals surface area contributed by atoms with Gasteiger partial charge < -0.3 is 0 Å². The van der Waals surface area contributed by atoms with Crippen LogP contribution in [0, 0.1) is 0 Å². The highest BCUT2D eigenvalue weighted by atomic mass is 32.2. The smallest absolute Gasteiger partial charge is 0.0868 e. The summed E-state index contributed by atoms with van der Waals surface area (Å²) in [7, 11) is -1.05. The Morgan fingerprint density at radius 1 is 0.722 bits per heavy atom. The molecule has 3 aromatic rings. The normalized spacial score (nSPS) is 16.6. The third-order valence-electron chi connectivity index (χ3n) is 3.44. The quantitative estimate of drug-likeness (QED) is 0.461. The van der Waals surface area contributed by atoms with Gasteiger partial charge in [0.1, 0.15) is 0 Å². The highest BCUT2D eigenvalue weighted by molar-refractivity contribution is 7.86. The molecule has 1 nitrogen and oxygen atoms in total. The Bertz CT molecular complexity index is 805. The molecule has 0 saturated carbocycles. The summed E-state index contributed by atoms with van der Waals surface area (Å²) >= 11 is 0. The van der Waals surface area contributed by atoms with Crippen LogP contribution in [0.1, 0.15) is 0 Å². The van der Waals surface area contributed by atoms with Crippen LogP contribution in [-0.2, 0) is 10.8 Å². The monoisotopic (exact) mass is 250 g/mol. The summed E-state index contributed by atoms with van der Waals surface area (Å²) in [5.74, 6) is 0. The Morgan fingerprint density at radius 2 is 1.50 bits per heavy atom. The first-order valence-electron chi connectivity index (χ1n) is 5.89. The molecule has 0 aromatic heterocycles. The average molecular weight is 250 g/mol. The van der Waals surface area contributed by atoms with E-state index >= 15 is 0 Å². The lowest BCUT2D eigenvalue weighted by atomic mass is 10.0. The van der Waals surface area contributed by atoms with Gasteiger partial charge in [-0.2, -0.15) is 0 Å². The van der Waals surface area contributed by atoms with Crippen molar-refractivity contribution in [1.82, 2.24) is 0 Å². The van der Waals surface area contributed by atoms with Gasteiger partial charge in [0, 0.05) is 5.56 Å². The Morgan fingerprint density at radius 3 is 2.44 bits per heavy atom. The van der Waals surface area contributed by atoms with Crippen LogP contribution < -0.4 is 0 Å². The minimum absolute atomic E-state index is 0.934. The van der Waals surface area contributed by atoms with Gasteiger partial charge in [-0.15, -0.1) is 0 Å². The van der Waals surface area contributed by atoms with Gasteiger partial charge in [0.05, 0.1) is 20.6 Å². The molecule has 0 amide bonds. The van der Waals surface area contributed by atoms with Crippen LogP contribution in [0.4, 0.5) is 0 Å². The first-order chi connectivity index (χ1) is 8.86. The molecular weight excluding hydrogens is 240 g/mol. The van der Waals surface area contributed by atoms with Crippen molar-refractivity contribution in [1.29, 1.82) is 0 Å². The van der Waals surface area contributed by atoms with E-state index in [0.29, 0.717) is 0 Å². The lowest BCUT2D eigenvalue weighted by Gasteiger charge is -2.03. The Balaban J connectivity index is 2.18. The second-order valence-corrected chi connectivity index (χ2v) is 5.81. The fourth-order valence-corrected chi connectivity index (χ4v) is 4.18. The first-order valence-corrected chi connectivity index (χ1v) is 7.04. The van der Waals surface area contributed by atoms with E-state index in [-0.39, 0.29) is 0 Å². The topological polar surface area (TPSA) is 17.1 Å². The highest BCUT2D eigenvalue weighted by Crippen LogP contribution is 2.43. The zero-order valence-corrected chi connectivity index (χ0v) is 10.4. The van der Waals surface area contributed by atoms with Gasteiger partial charge in [0.2, 0.25) is 0 Å². The Kier molecular flexibility index (Phi) is 1.97. The van der Waals surface area contributed by atoms with Crippen LogP contribution in [0.3, 0.4) is 0 Å².